The Balaban J connectivity index is 2.35. The van der Waals surface area contributed by atoms with E-state index in [1.54, 1.807) is 0 Å². The lowest BCUT2D eigenvalue weighted by Crippen LogP contribution is -2.41. The first-order valence-electron chi connectivity index (χ1n) is 6.84. The molecule has 0 aliphatic rings. The van der Waals surface area contributed by atoms with Gasteiger partial charge in [0.15, 0.2) is 0 Å². The summed E-state index contributed by atoms with van der Waals surface area (Å²) in [5.41, 5.74) is 0.825. The summed E-state index contributed by atoms with van der Waals surface area (Å²) in [5.74, 6) is -0.00162. The zero-order valence-corrected chi connectivity index (χ0v) is 12.0. The Kier molecular flexibility index (Phi) is 7.15. The summed E-state index contributed by atoms with van der Waals surface area (Å²) < 4.78 is 5.44. The topological polar surface area (TPSA) is 50.4 Å². The molecule has 0 aromatic heterocycles. The Morgan fingerprint density at radius 1 is 1.26 bits per heavy atom. The number of anilines is 1. The van der Waals surface area contributed by atoms with Gasteiger partial charge < -0.3 is 15.4 Å². The van der Waals surface area contributed by atoms with E-state index >= 15 is 0 Å². The number of benzene rings is 1. The molecular formula is C15H24N2O2. The largest absolute Gasteiger partial charge is 0.377 e. The number of hydrogen-bond donors (Lipinski definition) is 2. The molecule has 0 bridgehead atoms. The molecule has 4 nitrogen and oxygen atoms in total. The van der Waals surface area contributed by atoms with Gasteiger partial charge in [0.2, 0.25) is 5.91 Å². The van der Waals surface area contributed by atoms with E-state index in [0.717, 1.165) is 12.1 Å². The number of ether oxygens (including phenoxy) is 1. The fourth-order valence-corrected chi connectivity index (χ4v) is 1.70. The van der Waals surface area contributed by atoms with Crippen LogP contribution in [0.4, 0.5) is 5.69 Å². The van der Waals surface area contributed by atoms with Crippen LogP contribution in [0.5, 0.6) is 0 Å². The molecule has 1 aromatic rings. The fourth-order valence-electron chi connectivity index (χ4n) is 1.70. The highest BCUT2D eigenvalue weighted by molar-refractivity contribution is 5.94. The maximum Gasteiger partial charge on any atom is 0.241 e. The van der Waals surface area contributed by atoms with Crippen molar-refractivity contribution >= 4 is 11.6 Å². The van der Waals surface area contributed by atoms with Crippen molar-refractivity contribution in [2.24, 2.45) is 0 Å². The molecule has 0 saturated heterocycles. The molecule has 0 radical (unpaired) electrons. The summed E-state index contributed by atoms with van der Waals surface area (Å²) in [7, 11) is 0. The third-order valence-corrected chi connectivity index (χ3v) is 2.71. The van der Waals surface area contributed by atoms with E-state index < -0.39 is 0 Å². The molecule has 2 N–H and O–H groups in total. The van der Waals surface area contributed by atoms with Crippen LogP contribution in [0.25, 0.3) is 0 Å². The van der Waals surface area contributed by atoms with Gasteiger partial charge in [-0.05, 0) is 32.4 Å². The van der Waals surface area contributed by atoms with E-state index in [2.05, 4.69) is 10.6 Å². The van der Waals surface area contributed by atoms with Gasteiger partial charge in [-0.15, -0.1) is 0 Å². The van der Waals surface area contributed by atoms with Gasteiger partial charge in [0.05, 0.1) is 18.8 Å². The molecule has 0 aliphatic heterocycles. The van der Waals surface area contributed by atoms with Gasteiger partial charge in [0.1, 0.15) is 0 Å². The minimum atomic E-state index is -0.184. The fraction of sp³-hybridized carbons (Fsp3) is 0.533. The zero-order chi connectivity index (χ0) is 14.1. The monoisotopic (exact) mass is 264 g/mol. The second-order valence-corrected chi connectivity index (χ2v) is 4.69. The SMILES string of the molecule is CC[C@@H](NCCOC(C)C)C(=O)Nc1ccccc1. The van der Waals surface area contributed by atoms with Gasteiger partial charge >= 0.3 is 0 Å². The first kappa shape index (κ1) is 15.7. The van der Waals surface area contributed by atoms with Crippen molar-refractivity contribution in [3.8, 4) is 0 Å². The molecule has 0 fully saturated rings. The number of carbonyl (C=O) groups is 1. The molecule has 106 valence electrons. The standard InChI is InChI=1S/C15H24N2O2/c1-4-14(16-10-11-19-12(2)3)15(18)17-13-8-6-5-7-9-13/h5-9,12,14,16H,4,10-11H2,1-3H3,(H,17,18)/t14-/m1/s1. The second-order valence-electron chi connectivity index (χ2n) is 4.69. The predicted molar refractivity (Wildman–Crippen MR) is 78.2 cm³/mol. The van der Waals surface area contributed by atoms with Crippen LogP contribution >= 0.6 is 0 Å². The highest BCUT2D eigenvalue weighted by Gasteiger charge is 2.15. The van der Waals surface area contributed by atoms with Gasteiger partial charge in [0, 0.05) is 12.2 Å². The molecule has 1 amide bonds. The lowest BCUT2D eigenvalue weighted by molar-refractivity contribution is -0.118. The Hall–Kier alpha value is -1.39. The Morgan fingerprint density at radius 2 is 1.95 bits per heavy atom. The summed E-state index contributed by atoms with van der Waals surface area (Å²) in [6.45, 7) is 7.29. The van der Waals surface area contributed by atoms with E-state index in [1.807, 2.05) is 51.1 Å². The van der Waals surface area contributed by atoms with Crippen molar-refractivity contribution in [1.82, 2.24) is 5.32 Å². The number of nitrogens with one attached hydrogen (secondary N) is 2. The molecule has 0 unspecified atom stereocenters. The molecule has 19 heavy (non-hydrogen) atoms. The van der Waals surface area contributed by atoms with E-state index in [0.29, 0.717) is 13.2 Å². The minimum absolute atomic E-state index is 0.00162. The van der Waals surface area contributed by atoms with Crippen molar-refractivity contribution < 1.29 is 9.53 Å². The van der Waals surface area contributed by atoms with Crippen molar-refractivity contribution in [3.63, 3.8) is 0 Å². The molecule has 0 saturated carbocycles. The first-order valence-corrected chi connectivity index (χ1v) is 6.84. The number of amides is 1. The molecule has 4 heteroatoms. The number of hydrogen-bond acceptors (Lipinski definition) is 3. The summed E-state index contributed by atoms with van der Waals surface area (Å²) in [5, 5.41) is 6.11. The Morgan fingerprint density at radius 3 is 2.53 bits per heavy atom. The van der Waals surface area contributed by atoms with Crippen LogP contribution in [-0.4, -0.2) is 31.2 Å². The van der Waals surface area contributed by atoms with Crippen molar-refractivity contribution in [2.75, 3.05) is 18.5 Å². The van der Waals surface area contributed by atoms with Crippen LogP contribution in [0.2, 0.25) is 0 Å². The molecule has 1 aromatic carbocycles. The second kappa shape index (κ2) is 8.67. The lowest BCUT2D eigenvalue weighted by atomic mass is 10.2. The van der Waals surface area contributed by atoms with Gasteiger partial charge in [0.25, 0.3) is 0 Å². The molecule has 1 rings (SSSR count). The quantitative estimate of drug-likeness (QED) is 0.709. The Bertz CT molecular complexity index is 366. The van der Waals surface area contributed by atoms with Gasteiger partial charge in [-0.25, -0.2) is 0 Å². The number of carbonyl (C=O) groups excluding carboxylic acids is 1. The van der Waals surface area contributed by atoms with Crippen LogP contribution in [0.1, 0.15) is 27.2 Å². The first-order chi connectivity index (χ1) is 9.13. The maximum absolute atomic E-state index is 12.1. The highest BCUT2D eigenvalue weighted by atomic mass is 16.5. The van der Waals surface area contributed by atoms with Crippen molar-refractivity contribution in [3.05, 3.63) is 30.3 Å². The third-order valence-electron chi connectivity index (χ3n) is 2.71. The van der Waals surface area contributed by atoms with Crippen LogP contribution in [-0.2, 0) is 9.53 Å². The molecular weight excluding hydrogens is 240 g/mol. The van der Waals surface area contributed by atoms with Gasteiger partial charge in [-0.3, -0.25) is 4.79 Å². The van der Waals surface area contributed by atoms with Crippen LogP contribution < -0.4 is 10.6 Å². The number of para-hydroxylation sites is 1. The van der Waals surface area contributed by atoms with Crippen LogP contribution in [0.3, 0.4) is 0 Å². The summed E-state index contributed by atoms with van der Waals surface area (Å²) in [4.78, 5) is 12.1. The lowest BCUT2D eigenvalue weighted by Gasteiger charge is -2.17. The predicted octanol–water partition coefficient (Wildman–Crippen LogP) is 2.42. The van der Waals surface area contributed by atoms with Crippen LogP contribution in [0.15, 0.2) is 30.3 Å². The summed E-state index contributed by atoms with van der Waals surface area (Å²) in [6.07, 6.45) is 0.973. The summed E-state index contributed by atoms with van der Waals surface area (Å²) >= 11 is 0. The smallest absolute Gasteiger partial charge is 0.241 e. The average Bonchev–Trinajstić information content (AvgIpc) is 2.39. The Labute approximate surface area is 115 Å². The zero-order valence-electron chi connectivity index (χ0n) is 12.0. The van der Waals surface area contributed by atoms with Gasteiger partial charge in [-0.1, -0.05) is 25.1 Å². The van der Waals surface area contributed by atoms with E-state index in [-0.39, 0.29) is 18.1 Å². The normalized spacial score (nSPS) is 12.4. The molecule has 1 atom stereocenters. The van der Waals surface area contributed by atoms with E-state index in [4.69, 9.17) is 4.74 Å². The van der Waals surface area contributed by atoms with Gasteiger partial charge in [-0.2, -0.15) is 0 Å². The maximum atomic E-state index is 12.1. The van der Waals surface area contributed by atoms with Crippen molar-refractivity contribution in [1.29, 1.82) is 0 Å². The molecule has 0 aliphatic carbocycles. The van der Waals surface area contributed by atoms with E-state index in [9.17, 15) is 4.79 Å². The molecule has 0 heterocycles. The highest BCUT2D eigenvalue weighted by Crippen LogP contribution is 2.06. The summed E-state index contributed by atoms with van der Waals surface area (Å²) in [6, 6.07) is 9.31. The molecule has 0 spiro atoms. The van der Waals surface area contributed by atoms with Crippen molar-refractivity contribution in [2.45, 2.75) is 39.3 Å². The number of rotatable bonds is 8. The van der Waals surface area contributed by atoms with E-state index in [1.165, 1.54) is 0 Å². The van der Waals surface area contributed by atoms with Crippen LogP contribution in [0, 0.1) is 0 Å². The minimum Gasteiger partial charge on any atom is -0.377 e. The average molecular weight is 264 g/mol. The third kappa shape index (κ3) is 6.36.